The molecule has 1 aliphatic rings. The van der Waals surface area contributed by atoms with Crippen LogP contribution in [0.4, 0.5) is 17.1 Å². The number of hydrogen-bond acceptors (Lipinski definition) is 1. The van der Waals surface area contributed by atoms with Crippen molar-refractivity contribution >= 4 is 28.7 Å². The number of benzene rings is 4. The second-order valence-corrected chi connectivity index (χ2v) is 16.6. The molecule has 0 bridgehead atoms. The molecule has 1 aliphatic carbocycles. The molecule has 5 rings (SSSR count). The highest BCUT2D eigenvalue weighted by atomic mass is 35.5. The zero-order valence-electron chi connectivity index (χ0n) is 28.2. The van der Waals surface area contributed by atoms with Gasteiger partial charge in [-0.05, 0) is 117 Å². The number of halogens is 1. The molecule has 0 amide bonds. The number of fused-ring (bicyclic) bond motifs is 1. The predicted octanol–water partition coefficient (Wildman–Crippen LogP) is 12.7. The molecule has 0 radical (unpaired) electrons. The van der Waals surface area contributed by atoms with Gasteiger partial charge in [0.2, 0.25) is 0 Å². The van der Waals surface area contributed by atoms with Crippen molar-refractivity contribution in [3.8, 4) is 11.1 Å². The molecule has 0 aliphatic heterocycles. The highest BCUT2D eigenvalue weighted by Crippen LogP contribution is 2.49. The molecule has 0 saturated carbocycles. The van der Waals surface area contributed by atoms with Crippen LogP contribution in [-0.4, -0.2) is 0 Å². The van der Waals surface area contributed by atoms with Crippen molar-refractivity contribution in [1.82, 2.24) is 0 Å². The molecule has 43 heavy (non-hydrogen) atoms. The number of hydrogen-bond donors (Lipinski definition) is 0. The van der Waals surface area contributed by atoms with Gasteiger partial charge < -0.3 is 4.90 Å². The van der Waals surface area contributed by atoms with E-state index in [9.17, 15) is 0 Å². The number of nitrogens with zero attached hydrogens (tertiary/aromatic N) is 1. The van der Waals surface area contributed by atoms with Crippen molar-refractivity contribution in [1.29, 1.82) is 0 Å². The van der Waals surface area contributed by atoms with E-state index in [1.54, 1.807) is 0 Å². The molecule has 0 saturated heterocycles. The summed E-state index contributed by atoms with van der Waals surface area (Å²) in [5.41, 5.74) is 13.0. The molecule has 0 aromatic heterocycles. The summed E-state index contributed by atoms with van der Waals surface area (Å²) in [6, 6.07) is 29.8. The Morgan fingerprint density at radius 1 is 0.605 bits per heavy atom. The molecular formula is C41H50ClN. The van der Waals surface area contributed by atoms with Gasteiger partial charge in [-0.25, -0.2) is 0 Å². The highest BCUT2D eigenvalue weighted by molar-refractivity contribution is 6.31. The monoisotopic (exact) mass is 591 g/mol. The predicted molar refractivity (Wildman–Crippen MR) is 189 cm³/mol. The molecule has 0 fully saturated rings. The van der Waals surface area contributed by atoms with E-state index in [0.29, 0.717) is 0 Å². The lowest BCUT2D eigenvalue weighted by atomic mass is 9.63. The molecule has 0 N–H and O–H groups in total. The van der Waals surface area contributed by atoms with Crippen LogP contribution in [0.3, 0.4) is 0 Å². The smallest absolute Gasteiger partial charge is 0.0540 e. The SMILES string of the molecule is Cc1cc(Cl)cc(N(c2ccc3c(c2)C(C)(C)CCC3(C)C)c2ccc(C(C)(C)C)cc2-c2ccc(C(C)(C)C)cc2)c1. The molecular weight excluding hydrogens is 542 g/mol. The first-order valence-electron chi connectivity index (χ1n) is 15.8. The van der Waals surface area contributed by atoms with Crippen LogP contribution in [0.1, 0.15) is 110 Å². The van der Waals surface area contributed by atoms with Gasteiger partial charge >= 0.3 is 0 Å². The third kappa shape index (κ3) is 6.30. The maximum atomic E-state index is 6.74. The lowest BCUT2D eigenvalue weighted by Gasteiger charge is -2.42. The topological polar surface area (TPSA) is 3.24 Å². The van der Waals surface area contributed by atoms with Crippen molar-refractivity contribution < 1.29 is 0 Å². The average Bonchev–Trinajstić information content (AvgIpc) is 2.90. The molecule has 4 aromatic rings. The van der Waals surface area contributed by atoms with Crippen LogP contribution in [0, 0.1) is 6.92 Å². The van der Waals surface area contributed by atoms with Crippen LogP contribution in [0.25, 0.3) is 11.1 Å². The van der Waals surface area contributed by atoms with Crippen molar-refractivity contribution in [2.45, 2.75) is 111 Å². The Balaban J connectivity index is 1.80. The van der Waals surface area contributed by atoms with Gasteiger partial charge in [0, 0.05) is 22.0 Å². The minimum Gasteiger partial charge on any atom is -0.310 e. The van der Waals surface area contributed by atoms with Crippen LogP contribution < -0.4 is 4.90 Å². The van der Waals surface area contributed by atoms with E-state index in [-0.39, 0.29) is 21.7 Å². The normalized spacial score (nSPS) is 16.1. The highest BCUT2D eigenvalue weighted by Gasteiger charge is 2.37. The van der Waals surface area contributed by atoms with E-state index in [0.717, 1.165) is 22.0 Å². The Morgan fingerprint density at radius 3 is 1.77 bits per heavy atom. The lowest BCUT2D eigenvalue weighted by molar-refractivity contribution is 0.332. The fourth-order valence-electron chi connectivity index (χ4n) is 6.57. The minimum atomic E-state index is 0.0253. The molecule has 4 aromatic carbocycles. The van der Waals surface area contributed by atoms with Gasteiger partial charge in [-0.3, -0.25) is 0 Å². The summed E-state index contributed by atoms with van der Waals surface area (Å²) >= 11 is 6.74. The molecule has 2 heteroatoms. The molecule has 0 heterocycles. The largest absolute Gasteiger partial charge is 0.310 e. The van der Waals surface area contributed by atoms with Crippen molar-refractivity contribution in [3.05, 3.63) is 112 Å². The maximum absolute atomic E-state index is 6.74. The van der Waals surface area contributed by atoms with E-state index < -0.39 is 0 Å². The van der Waals surface area contributed by atoms with E-state index in [2.05, 4.69) is 154 Å². The van der Waals surface area contributed by atoms with E-state index in [1.165, 1.54) is 51.9 Å². The number of aryl methyl sites for hydroxylation is 1. The Kier molecular flexibility index (Phi) is 7.92. The van der Waals surface area contributed by atoms with Gasteiger partial charge in [-0.1, -0.05) is 117 Å². The van der Waals surface area contributed by atoms with Gasteiger partial charge in [-0.2, -0.15) is 0 Å². The van der Waals surface area contributed by atoms with E-state index >= 15 is 0 Å². The average molecular weight is 592 g/mol. The van der Waals surface area contributed by atoms with E-state index in [4.69, 9.17) is 11.6 Å². The van der Waals surface area contributed by atoms with Crippen LogP contribution in [0.2, 0.25) is 5.02 Å². The third-order valence-electron chi connectivity index (χ3n) is 9.55. The Morgan fingerprint density at radius 2 is 1.19 bits per heavy atom. The summed E-state index contributed by atoms with van der Waals surface area (Å²) in [5, 5.41) is 0.752. The number of anilines is 3. The van der Waals surface area contributed by atoms with Crippen molar-refractivity contribution in [2.75, 3.05) is 4.90 Å². The minimum absolute atomic E-state index is 0.0253. The molecule has 0 atom stereocenters. The van der Waals surface area contributed by atoms with Gasteiger partial charge in [0.25, 0.3) is 0 Å². The summed E-state index contributed by atoms with van der Waals surface area (Å²) < 4.78 is 0. The zero-order valence-corrected chi connectivity index (χ0v) is 29.0. The number of rotatable bonds is 4. The van der Waals surface area contributed by atoms with Gasteiger partial charge in [0.1, 0.15) is 0 Å². The Hall–Kier alpha value is -3.03. The van der Waals surface area contributed by atoms with Crippen LogP contribution in [-0.2, 0) is 21.7 Å². The molecule has 0 unspecified atom stereocenters. The molecule has 1 nitrogen and oxygen atoms in total. The first kappa shape index (κ1) is 31.4. The standard InChI is InChI=1S/C41H50ClN/c1-27-22-31(42)25-33(23-27)43(32-17-18-35-36(26-32)41(10,11)21-20-40(35,8)9)37-19-16-30(39(5,6)7)24-34(37)28-12-14-29(15-13-28)38(2,3)4/h12-19,22-26H,20-21H2,1-11H3. The van der Waals surface area contributed by atoms with Gasteiger partial charge in [0.05, 0.1) is 5.69 Å². The maximum Gasteiger partial charge on any atom is 0.0540 e. The van der Waals surface area contributed by atoms with E-state index in [1.807, 2.05) is 6.07 Å². The van der Waals surface area contributed by atoms with Gasteiger partial charge in [0.15, 0.2) is 0 Å². The second kappa shape index (κ2) is 10.8. The molecule has 226 valence electrons. The van der Waals surface area contributed by atoms with Gasteiger partial charge in [-0.15, -0.1) is 0 Å². The van der Waals surface area contributed by atoms with Crippen molar-refractivity contribution in [3.63, 3.8) is 0 Å². The fraction of sp³-hybridized carbons (Fsp3) is 0.415. The quantitative estimate of drug-likeness (QED) is 0.228. The summed E-state index contributed by atoms with van der Waals surface area (Å²) in [6.07, 6.45) is 2.38. The summed E-state index contributed by atoms with van der Waals surface area (Å²) in [7, 11) is 0. The van der Waals surface area contributed by atoms with Crippen LogP contribution in [0.5, 0.6) is 0 Å². The Bertz CT molecular complexity index is 1620. The first-order chi connectivity index (χ1) is 19.9. The third-order valence-corrected chi connectivity index (χ3v) is 9.76. The molecule has 0 spiro atoms. The second-order valence-electron chi connectivity index (χ2n) is 16.1. The van der Waals surface area contributed by atoms with Crippen LogP contribution >= 0.6 is 11.6 Å². The first-order valence-corrected chi connectivity index (χ1v) is 16.2. The zero-order chi connectivity index (χ0) is 31.5. The summed E-state index contributed by atoms with van der Waals surface area (Å²) in [4.78, 5) is 2.43. The fourth-order valence-corrected chi connectivity index (χ4v) is 6.85. The van der Waals surface area contributed by atoms with Crippen molar-refractivity contribution in [2.24, 2.45) is 0 Å². The Labute approximate surface area is 266 Å². The summed E-state index contributed by atoms with van der Waals surface area (Å²) in [6.45, 7) is 25.4. The van der Waals surface area contributed by atoms with Crippen LogP contribution in [0.15, 0.2) is 78.9 Å². The summed E-state index contributed by atoms with van der Waals surface area (Å²) in [5.74, 6) is 0. The lowest BCUT2D eigenvalue weighted by Crippen LogP contribution is -2.34.